The summed E-state index contributed by atoms with van der Waals surface area (Å²) in [5.41, 5.74) is 3.71. The van der Waals surface area contributed by atoms with Crippen molar-refractivity contribution >= 4 is 21.7 Å². The molecule has 3 heteroatoms. The summed E-state index contributed by atoms with van der Waals surface area (Å²) >= 11 is 4.25. The van der Waals surface area contributed by atoms with Crippen LogP contribution in [0.25, 0.3) is 0 Å². The summed E-state index contributed by atoms with van der Waals surface area (Å²) in [6.07, 6.45) is 3.82. The standard InChI is InChI=1S/C12H21Si.BrH.Zn/c1-11-7-6-8-12(11,2)9-10-13(3,4)5;;/h11H,1,6-8H2,2-5H3;1H;/q-1;;+2/p-1/t11-,12-;;/m1../s1. The molecule has 0 heterocycles. The van der Waals surface area contributed by atoms with E-state index in [4.69, 9.17) is 0 Å². The van der Waals surface area contributed by atoms with Crippen LogP contribution in [0.2, 0.25) is 19.6 Å². The number of hydrogen-bond acceptors (Lipinski definition) is 0. The molecule has 0 saturated heterocycles. The first-order valence-corrected chi connectivity index (χ1v) is 15.9. The third-order valence-corrected chi connectivity index (χ3v) is 3.75. The minimum absolute atomic E-state index is 0.223. The molecule has 1 rings (SSSR count). The van der Waals surface area contributed by atoms with Crippen molar-refractivity contribution in [1.29, 1.82) is 0 Å². The number of hydrogen-bond donors (Lipinski definition) is 0. The van der Waals surface area contributed by atoms with Crippen LogP contribution in [0.15, 0.2) is 0 Å². The Morgan fingerprint density at radius 3 is 2.27 bits per heavy atom. The fourth-order valence-corrected chi connectivity index (χ4v) is 2.39. The molecule has 1 aliphatic rings. The van der Waals surface area contributed by atoms with Crippen LogP contribution in [-0.4, -0.2) is 8.07 Å². The summed E-state index contributed by atoms with van der Waals surface area (Å²) in [5.74, 6) is 4.05. The molecule has 0 N–H and O–H groups in total. The molecule has 15 heavy (non-hydrogen) atoms. The molecule has 0 aromatic rings. The molecule has 1 saturated carbocycles. The summed E-state index contributed by atoms with van der Waals surface area (Å²) in [5, 5.41) is 0. The quantitative estimate of drug-likeness (QED) is 0.350. The van der Waals surface area contributed by atoms with Gasteiger partial charge in [-0.2, -0.15) is 5.92 Å². The zero-order valence-electron chi connectivity index (χ0n) is 10.5. The van der Waals surface area contributed by atoms with Gasteiger partial charge >= 0.3 is 30.0 Å². The Morgan fingerprint density at radius 1 is 1.40 bits per heavy atom. The van der Waals surface area contributed by atoms with E-state index in [-0.39, 0.29) is 5.41 Å². The van der Waals surface area contributed by atoms with E-state index in [2.05, 4.69) is 58.6 Å². The van der Waals surface area contributed by atoms with Crippen molar-refractivity contribution < 1.29 is 16.3 Å². The first-order chi connectivity index (χ1) is 6.83. The molecule has 0 aromatic carbocycles. The van der Waals surface area contributed by atoms with E-state index in [9.17, 15) is 0 Å². The van der Waals surface area contributed by atoms with Crippen molar-refractivity contribution in [3.63, 3.8) is 0 Å². The molecule has 0 amide bonds. The average molecular weight is 339 g/mol. The zero-order valence-corrected chi connectivity index (χ0v) is 16.0. The fraction of sp³-hybridized carbons (Fsp3) is 0.750. The van der Waals surface area contributed by atoms with Gasteiger partial charge in [0.2, 0.25) is 0 Å². The predicted octanol–water partition coefficient (Wildman–Crippen LogP) is 4.35. The molecule has 1 fully saturated rings. The third-order valence-electron chi connectivity index (χ3n) is 2.87. The van der Waals surface area contributed by atoms with Crippen molar-refractivity contribution in [2.75, 3.05) is 0 Å². The van der Waals surface area contributed by atoms with Crippen molar-refractivity contribution in [2.24, 2.45) is 11.3 Å². The van der Waals surface area contributed by atoms with Gasteiger partial charge in [-0.1, -0.05) is 39.4 Å². The minimum atomic E-state index is -1.19. The van der Waals surface area contributed by atoms with Crippen LogP contribution < -0.4 is 0 Å². The molecular weight excluding hydrogens is 318 g/mol. The summed E-state index contributed by atoms with van der Waals surface area (Å²) in [6.45, 7) is 13.4. The van der Waals surface area contributed by atoms with Gasteiger partial charge in [-0.15, -0.1) is 11.5 Å². The molecule has 0 unspecified atom stereocenters. The van der Waals surface area contributed by atoms with E-state index in [1.807, 2.05) is 0 Å². The Labute approximate surface area is 113 Å². The van der Waals surface area contributed by atoms with Crippen molar-refractivity contribution in [1.82, 2.24) is 0 Å². The molecule has 0 nitrogen and oxygen atoms in total. The summed E-state index contributed by atoms with van der Waals surface area (Å²) < 4.78 is 0. The first kappa shape index (κ1) is 15.9. The zero-order chi connectivity index (χ0) is 12.1. The van der Waals surface area contributed by atoms with Crippen LogP contribution >= 0.6 is 13.6 Å². The van der Waals surface area contributed by atoms with E-state index < -0.39 is 8.07 Å². The molecule has 0 bridgehead atoms. The Hall–Kier alpha value is 0.880. The van der Waals surface area contributed by atoms with Crippen molar-refractivity contribution in [3.05, 3.63) is 6.92 Å². The normalized spacial score (nSPS) is 30.0. The summed E-state index contributed by atoms with van der Waals surface area (Å²) in [4.78, 5) is 0. The maximum absolute atomic E-state index is 4.20. The van der Waals surface area contributed by atoms with Gasteiger partial charge < -0.3 is 6.92 Å². The summed E-state index contributed by atoms with van der Waals surface area (Å²) in [7, 11) is -1.19. The molecule has 0 spiro atoms. The van der Waals surface area contributed by atoms with Crippen LogP contribution in [0.3, 0.4) is 0 Å². The second-order valence-corrected chi connectivity index (χ2v) is 10.3. The Kier molecular flexibility index (Phi) is 6.96. The van der Waals surface area contributed by atoms with Crippen molar-refractivity contribution in [2.45, 2.75) is 45.8 Å². The average Bonchev–Trinajstić information content (AvgIpc) is 2.47. The van der Waals surface area contributed by atoms with Crippen LogP contribution in [0.4, 0.5) is 0 Å². The predicted molar refractivity (Wildman–Crippen MR) is 70.9 cm³/mol. The van der Waals surface area contributed by atoms with E-state index >= 15 is 0 Å². The van der Waals surface area contributed by atoms with Gasteiger partial charge in [-0.25, -0.2) is 0 Å². The van der Waals surface area contributed by atoms with Gasteiger partial charge in [-0.05, 0) is 6.42 Å². The van der Waals surface area contributed by atoms with E-state index in [0.29, 0.717) is 5.92 Å². The summed E-state index contributed by atoms with van der Waals surface area (Å²) in [6, 6.07) is 0. The molecule has 82 valence electrons. The third kappa shape index (κ3) is 5.66. The van der Waals surface area contributed by atoms with Gasteiger partial charge in [0.05, 0.1) is 0 Å². The van der Waals surface area contributed by atoms with Gasteiger partial charge in [0.1, 0.15) is 8.07 Å². The molecule has 1 aliphatic carbocycles. The van der Waals surface area contributed by atoms with E-state index in [1.165, 1.54) is 35.6 Å². The maximum atomic E-state index is 4.20. The van der Waals surface area contributed by atoms with Gasteiger partial charge in [-0.3, -0.25) is 0 Å². The second kappa shape index (κ2) is 6.58. The van der Waals surface area contributed by atoms with Crippen LogP contribution in [0.5, 0.6) is 0 Å². The molecule has 2 atom stereocenters. The molecule has 0 aromatic heterocycles. The topological polar surface area (TPSA) is 0 Å². The number of halogens is 1. The van der Waals surface area contributed by atoms with Gasteiger partial charge in [0.25, 0.3) is 0 Å². The Bertz CT molecular complexity index is 249. The van der Waals surface area contributed by atoms with Crippen molar-refractivity contribution in [3.8, 4) is 11.5 Å². The van der Waals surface area contributed by atoms with Gasteiger partial charge in [0.15, 0.2) is 0 Å². The van der Waals surface area contributed by atoms with E-state index in [0.717, 1.165) is 0 Å². The molecular formula is C12H21BrSiZn. The first-order valence-electron chi connectivity index (χ1n) is 5.48. The molecule has 0 aliphatic heterocycles. The number of rotatable bonds is 0. The SMILES string of the molecule is [CH2-][C@@H]1CCC[C@]1(C)C#C[Si](C)(C)C.[Zn+][Br]. The van der Waals surface area contributed by atoms with Crippen LogP contribution in [0.1, 0.15) is 26.2 Å². The second-order valence-electron chi connectivity index (χ2n) is 5.51. The Morgan fingerprint density at radius 2 is 1.93 bits per heavy atom. The van der Waals surface area contributed by atoms with Crippen LogP contribution in [-0.2, 0) is 16.3 Å². The van der Waals surface area contributed by atoms with E-state index in [1.54, 1.807) is 0 Å². The molecule has 0 radical (unpaired) electrons. The fourth-order valence-electron chi connectivity index (χ4n) is 1.73. The monoisotopic (exact) mass is 336 g/mol. The Balaban J connectivity index is 0.000000921. The van der Waals surface area contributed by atoms with Crippen LogP contribution in [0, 0.1) is 29.7 Å². The van der Waals surface area contributed by atoms with Gasteiger partial charge in [0, 0.05) is 5.41 Å².